The van der Waals surface area contributed by atoms with Crippen molar-refractivity contribution in [1.82, 2.24) is 10.3 Å². The van der Waals surface area contributed by atoms with E-state index in [1.165, 1.54) is 0 Å². The monoisotopic (exact) mass is 233 g/mol. The van der Waals surface area contributed by atoms with Crippen molar-refractivity contribution in [3.63, 3.8) is 0 Å². The molecule has 92 valence electrons. The highest BCUT2D eigenvalue weighted by molar-refractivity contribution is 5.97. The number of nitrogen functional groups attached to an aromatic ring is 1. The van der Waals surface area contributed by atoms with Gasteiger partial charge in [0, 0.05) is 12.2 Å². The van der Waals surface area contributed by atoms with Crippen LogP contribution in [0.2, 0.25) is 0 Å². The summed E-state index contributed by atoms with van der Waals surface area (Å²) in [6, 6.07) is 3.64. The fourth-order valence-corrected chi connectivity index (χ4v) is 2.43. The molecule has 17 heavy (non-hydrogen) atoms. The lowest BCUT2D eigenvalue weighted by atomic mass is 9.87. The van der Waals surface area contributed by atoms with Crippen LogP contribution in [0.1, 0.15) is 43.6 Å². The summed E-state index contributed by atoms with van der Waals surface area (Å²) in [6.45, 7) is 4.37. The molecule has 1 amide bonds. The topological polar surface area (TPSA) is 68.0 Å². The van der Waals surface area contributed by atoms with Crippen LogP contribution in [0.25, 0.3) is 0 Å². The van der Waals surface area contributed by atoms with Gasteiger partial charge in [-0.05, 0) is 30.4 Å². The Morgan fingerprint density at radius 1 is 1.59 bits per heavy atom. The van der Waals surface area contributed by atoms with E-state index in [4.69, 9.17) is 5.73 Å². The first kappa shape index (κ1) is 11.9. The van der Waals surface area contributed by atoms with E-state index in [0.29, 0.717) is 11.4 Å². The normalized spacial score (nSPS) is 22.4. The Kier molecular flexibility index (Phi) is 3.05. The molecule has 1 heterocycles. The maximum atomic E-state index is 12.1. The fraction of sp³-hybridized carbons (Fsp3) is 0.538. The summed E-state index contributed by atoms with van der Waals surface area (Å²) in [6.07, 6.45) is 4.93. The first-order valence-electron chi connectivity index (χ1n) is 6.02. The zero-order chi connectivity index (χ0) is 12.5. The minimum absolute atomic E-state index is 0.164. The summed E-state index contributed by atoms with van der Waals surface area (Å²) in [5, 5.41) is 3.04. The summed E-state index contributed by atoms with van der Waals surface area (Å²) in [7, 11) is 0. The number of nitrogens with zero attached hydrogens (tertiary/aromatic N) is 1. The SMILES string of the molecule is CC1(C)CCCC1NC(=O)c1ncccc1N. The third-order valence-corrected chi connectivity index (χ3v) is 3.62. The van der Waals surface area contributed by atoms with Crippen molar-refractivity contribution in [2.45, 2.75) is 39.2 Å². The molecule has 4 heteroatoms. The maximum absolute atomic E-state index is 12.1. The number of carbonyl (C=O) groups excluding carboxylic acids is 1. The van der Waals surface area contributed by atoms with Crippen LogP contribution >= 0.6 is 0 Å². The van der Waals surface area contributed by atoms with Gasteiger partial charge in [-0.1, -0.05) is 20.3 Å². The van der Waals surface area contributed by atoms with E-state index in [9.17, 15) is 4.79 Å². The average Bonchev–Trinajstić information content (AvgIpc) is 2.59. The number of rotatable bonds is 2. The number of carbonyl (C=O) groups is 1. The number of nitrogens with two attached hydrogens (primary N) is 1. The highest BCUT2D eigenvalue weighted by Gasteiger charge is 2.35. The van der Waals surface area contributed by atoms with E-state index in [0.717, 1.165) is 19.3 Å². The molecule has 2 rings (SSSR count). The number of amides is 1. The standard InChI is InChI=1S/C13H19N3O/c1-13(2)7-3-6-10(13)16-12(17)11-9(14)5-4-8-15-11/h4-5,8,10H,3,6-7,14H2,1-2H3,(H,16,17). The third kappa shape index (κ3) is 2.40. The number of hydrogen-bond acceptors (Lipinski definition) is 3. The van der Waals surface area contributed by atoms with E-state index in [1.807, 2.05) is 0 Å². The van der Waals surface area contributed by atoms with Gasteiger partial charge in [0.2, 0.25) is 0 Å². The van der Waals surface area contributed by atoms with E-state index < -0.39 is 0 Å². The Labute approximate surface area is 102 Å². The minimum atomic E-state index is -0.164. The smallest absolute Gasteiger partial charge is 0.272 e. The maximum Gasteiger partial charge on any atom is 0.272 e. The van der Waals surface area contributed by atoms with Crippen molar-refractivity contribution in [2.24, 2.45) is 5.41 Å². The summed E-state index contributed by atoms with van der Waals surface area (Å²) >= 11 is 0. The van der Waals surface area contributed by atoms with Gasteiger partial charge in [0.1, 0.15) is 0 Å². The predicted molar refractivity (Wildman–Crippen MR) is 67.5 cm³/mol. The number of nitrogens with one attached hydrogen (secondary N) is 1. The second-order valence-electron chi connectivity index (χ2n) is 5.35. The lowest BCUT2D eigenvalue weighted by Gasteiger charge is -2.27. The summed E-state index contributed by atoms with van der Waals surface area (Å²) in [5.74, 6) is -0.164. The molecule has 1 aromatic rings. The molecule has 1 fully saturated rings. The van der Waals surface area contributed by atoms with Gasteiger partial charge in [-0.2, -0.15) is 0 Å². The van der Waals surface area contributed by atoms with Gasteiger partial charge in [0.15, 0.2) is 5.69 Å². The molecule has 1 aliphatic rings. The second kappa shape index (κ2) is 4.35. The molecule has 0 aliphatic heterocycles. The molecular formula is C13H19N3O. The quantitative estimate of drug-likeness (QED) is 0.820. The molecule has 0 bridgehead atoms. The molecule has 0 saturated heterocycles. The van der Waals surface area contributed by atoms with Crippen LogP contribution in [-0.2, 0) is 0 Å². The molecule has 0 spiro atoms. The number of hydrogen-bond donors (Lipinski definition) is 2. The lowest BCUT2D eigenvalue weighted by molar-refractivity contribution is 0.0906. The minimum Gasteiger partial charge on any atom is -0.397 e. The van der Waals surface area contributed by atoms with Crippen LogP contribution in [0.4, 0.5) is 5.69 Å². The largest absolute Gasteiger partial charge is 0.397 e. The van der Waals surface area contributed by atoms with Crippen molar-refractivity contribution in [3.05, 3.63) is 24.0 Å². The van der Waals surface area contributed by atoms with Gasteiger partial charge in [-0.15, -0.1) is 0 Å². The van der Waals surface area contributed by atoms with Crippen molar-refractivity contribution in [2.75, 3.05) is 5.73 Å². The summed E-state index contributed by atoms with van der Waals surface area (Å²) in [5.41, 5.74) is 6.67. The second-order valence-corrected chi connectivity index (χ2v) is 5.35. The highest BCUT2D eigenvalue weighted by Crippen LogP contribution is 2.37. The first-order chi connectivity index (χ1) is 8.00. The Bertz CT molecular complexity index is 428. The van der Waals surface area contributed by atoms with Gasteiger partial charge < -0.3 is 11.1 Å². The van der Waals surface area contributed by atoms with Gasteiger partial charge in [0.05, 0.1) is 5.69 Å². The Balaban J connectivity index is 2.10. The third-order valence-electron chi connectivity index (χ3n) is 3.62. The molecule has 1 aliphatic carbocycles. The molecule has 1 saturated carbocycles. The Morgan fingerprint density at radius 2 is 2.35 bits per heavy atom. The van der Waals surface area contributed by atoms with Crippen LogP contribution in [0.3, 0.4) is 0 Å². The zero-order valence-electron chi connectivity index (χ0n) is 10.4. The van der Waals surface area contributed by atoms with E-state index in [-0.39, 0.29) is 17.4 Å². The molecule has 4 nitrogen and oxygen atoms in total. The van der Waals surface area contributed by atoms with Crippen molar-refractivity contribution in [1.29, 1.82) is 0 Å². The van der Waals surface area contributed by atoms with Crippen LogP contribution in [0.5, 0.6) is 0 Å². The molecule has 3 N–H and O–H groups in total. The molecule has 0 radical (unpaired) electrons. The molecule has 1 aromatic heterocycles. The van der Waals surface area contributed by atoms with E-state index in [2.05, 4.69) is 24.1 Å². The van der Waals surface area contributed by atoms with Gasteiger partial charge >= 0.3 is 0 Å². The van der Waals surface area contributed by atoms with Crippen molar-refractivity contribution in [3.8, 4) is 0 Å². The summed E-state index contributed by atoms with van der Waals surface area (Å²) in [4.78, 5) is 16.1. The van der Waals surface area contributed by atoms with Crippen LogP contribution in [0, 0.1) is 5.41 Å². The average molecular weight is 233 g/mol. The van der Waals surface area contributed by atoms with Gasteiger partial charge in [0.25, 0.3) is 5.91 Å². The van der Waals surface area contributed by atoms with E-state index >= 15 is 0 Å². The number of anilines is 1. The van der Waals surface area contributed by atoms with Crippen LogP contribution in [0.15, 0.2) is 18.3 Å². The van der Waals surface area contributed by atoms with Gasteiger partial charge in [-0.3, -0.25) is 4.79 Å². The summed E-state index contributed by atoms with van der Waals surface area (Å²) < 4.78 is 0. The molecular weight excluding hydrogens is 214 g/mol. The van der Waals surface area contributed by atoms with Crippen LogP contribution < -0.4 is 11.1 Å². The van der Waals surface area contributed by atoms with Gasteiger partial charge in [-0.25, -0.2) is 4.98 Å². The molecule has 1 atom stereocenters. The Hall–Kier alpha value is -1.58. The predicted octanol–water partition coefficient (Wildman–Crippen LogP) is 1.97. The van der Waals surface area contributed by atoms with E-state index in [1.54, 1.807) is 18.3 Å². The fourth-order valence-electron chi connectivity index (χ4n) is 2.43. The first-order valence-corrected chi connectivity index (χ1v) is 6.02. The van der Waals surface area contributed by atoms with Crippen LogP contribution in [-0.4, -0.2) is 16.9 Å². The van der Waals surface area contributed by atoms with Crippen molar-refractivity contribution < 1.29 is 4.79 Å². The number of pyridine rings is 1. The molecule has 0 aromatic carbocycles. The van der Waals surface area contributed by atoms with Crippen molar-refractivity contribution >= 4 is 11.6 Å². The number of aromatic nitrogens is 1. The Morgan fingerprint density at radius 3 is 2.94 bits per heavy atom. The highest BCUT2D eigenvalue weighted by atomic mass is 16.2. The zero-order valence-corrected chi connectivity index (χ0v) is 10.4. The molecule has 1 unspecified atom stereocenters. The lowest BCUT2D eigenvalue weighted by Crippen LogP contribution is -2.42.